The standard InChI is InChI=1S/C7H4NO4.C2H4O2.Hg/c9-7(10)5-1-3-6(4-2-5)8(11)12;1-2(3)4;/h1,3-4H,(H,9,10);1H3,(H,3,4);/q;;+1/p-1. The molecule has 7 nitrogen and oxygen atoms in total. The first-order chi connectivity index (χ1) is 7.91. The third kappa shape index (κ3) is 3.77. The molecule has 86 valence electrons. The van der Waals surface area contributed by atoms with E-state index >= 15 is 0 Å². The van der Waals surface area contributed by atoms with E-state index in [2.05, 4.69) is 0 Å². The van der Waals surface area contributed by atoms with Crippen LogP contribution in [-0.4, -0.2) is 22.0 Å². The predicted octanol–water partition coefficient (Wildman–Crippen LogP) is 0.479. The summed E-state index contributed by atoms with van der Waals surface area (Å²) in [4.78, 5) is 31.5. The molecule has 0 unspecified atom stereocenters. The Labute approximate surface area is 109 Å². The van der Waals surface area contributed by atoms with Crippen molar-refractivity contribution in [3.05, 3.63) is 33.9 Å². The third-order valence-corrected chi connectivity index (χ3v) is 7.59. The van der Waals surface area contributed by atoms with Gasteiger partial charge in [0.15, 0.2) is 0 Å². The van der Waals surface area contributed by atoms with E-state index in [0.717, 1.165) is 6.07 Å². The van der Waals surface area contributed by atoms with Gasteiger partial charge < -0.3 is 0 Å². The molecule has 1 N–H and O–H groups in total. The van der Waals surface area contributed by atoms with Crippen LogP contribution in [0.5, 0.6) is 0 Å². The Kier molecular flexibility index (Phi) is 4.56. The first kappa shape index (κ1) is 13.6. The van der Waals surface area contributed by atoms with E-state index in [9.17, 15) is 19.7 Å². The molecule has 0 heterocycles. The quantitative estimate of drug-likeness (QED) is 0.427. The Morgan fingerprint density at radius 1 is 1.47 bits per heavy atom. The summed E-state index contributed by atoms with van der Waals surface area (Å²) in [5.74, 6) is -1.67. The van der Waals surface area contributed by atoms with Crippen molar-refractivity contribution in [2.45, 2.75) is 6.92 Å². The summed E-state index contributed by atoms with van der Waals surface area (Å²) in [6, 6.07) is 3.46. The maximum absolute atomic E-state index is 10.9. The van der Waals surface area contributed by atoms with Crippen LogP contribution in [-0.2, 0) is 32.5 Å². The Morgan fingerprint density at radius 3 is 2.59 bits per heavy atom. The van der Waals surface area contributed by atoms with E-state index in [1.165, 1.54) is 19.1 Å². The van der Waals surface area contributed by atoms with Gasteiger partial charge in [0.2, 0.25) is 0 Å². The number of nitrogens with zero attached hydrogens (tertiary/aromatic N) is 1. The van der Waals surface area contributed by atoms with Crippen LogP contribution in [0.25, 0.3) is 0 Å². The molecule has 17 heavy (non-hydrogen) atoms. The van der Waals surface area contributed by atoms with E-state index in [4.69, 9.17) is 7.75 Å². The Balaban J connectivity index is 3.11. The van der Waals surface area contributed by atoms with Crippen molar-refractivity contribution in [2.75, 3.05) is 0 Å². The van der Waals surface area contributed by atoms with Gasteiger partial charge in [-0.2, -0.15) is 0 Å². The molecule has 0 atom stereocenters. The molecule has 0 amide bonds. The van der Waals surface area contributed by atoms with Gasteiger partial charge in [0.1, 0.15) is 0 Å². The molecule has 0 spiro atoms. The van der Waals surface area contributed by atoms with Crippen LogP contribution in [0.3, 0.4) is 0 Å². The van der Waals surface area contributed by atoms with Gasteiger partial charge in [-0.15, -0.1) is 0 Å². The van der Waals surface area contributed by atoms with Gasteiger partial charge in [-0.05, 0) is 0 Å². The fourth-order valence-corrected chi connectivity index (χ4v) is 5.38. The van der Waals surface area contributed by atoms with E-state index in [-0.39, 0.29) is 11.3 Å². The summed E-state index contributed by atoms with van der Waals surface area (Å²) in [6.07, 6.45) is 0. The van der Waals surface area contributed by atoms with Crippen molar-refractivity contribution in [1.82, 2.24) is 0 Å². The molecule has 1 aromatic rings. The van der Waals surface area contributed by atoms with Crippen molar-refractivity contribution in [3.63, 3.8) is 0 Å². The molecule has 0 aliphatic carbocycles. The number of nitro groups is 1. The zero-order valence-electron chi connectivity index (χ0n) is 8.87. The van der Waals surface area contributed by atoms with Gasteiger partial charge in [0, 0.05) is 0 Å². The summed E-state index contributed by atoms with van der Waals surface area (Å²) in [5.41, 5.74) is -0.226. The van der Waals surface area contributed by atoms with Gasteiger partial charge in [0.05, 0.1) is 0 Å². The van der Waals surface area contributed by atoms with Crippen molar-refractivity contribution < 1.29 is 47.3 Å². The Bertz CT molecular complexity index is 486. The number of carboxylic acids is 1. The number of aromatic carboxylic acids is 1. The molecule has 0 saturated carbocycles. The van der Waals surface area contributed by atoms with Crippen LogP contribution in [0, 0.1) is 10.1 Å². The summed E-state index contributed by atoms with van der Waals surface area (Å²) in [6.45, 7) is 1.22. The zero-order chi connectivity index (χ0) is 13.0. The number of benzene rings is 1. The van der Waals surface area contributed by atoms with Gasteiger partial charge >= 0.3 is 109 Å². The first-order valence-corrected chi connectivity index (χ1v) is 9.55. The van der Waals surface area contributed by atoms with Crippen LogP contribution >= 0.6 is 0 Å². The summed E-state index contributed by atoms with van der Waals surface area (Å²) in [5, 5.41) is 19.4. The number of hydrogen-bond acceptors (Lipinski definition) is 5. The molecule has 1 aromatic carbocycles. The van der Waals surface area contributed by atoms with Gasteiger partial charge in [-0.3, -0.25) is 0 Å². The van der Waals surface area contributed by atoms with Crippen molar-refractivity contribution in [3.8, 4) is 0 Å². The van der Waals surface area contributed by atoms with Crippen LogP contribution in [0.1, 0.15) is 17.3 Å². The fraction of sp³-hybridized carbons (Fsp3) is 0.111. The summed E-state index contributed by atoms with van der Waals surface area (Å²) >= 11 is -2.41. The second-order valence-electron chi connectivity index (χ2n) is 3.18. The third-order valence-electron chi connectivity index (χ3n) is 1.96. The molecule has 8 heteroatoms. The van der Waals surface area contributed by atoms with Crippen LogP contribution < -0.4 is 3.07 Å². The van der Waals surface area contributed by atoms with Gasteiger partial charge in [-0.1, -0.05) is 0 Å². The van der Waals surface area contributed by atoms with Crippen LogP contribution in [0.2, 0.25) is 0 Å². The van der Waals surface area contributed by atoms with E-state index < -0.39 is 41.9 Å². The molecule has 0 saturated heterocycles. The molecule has 1 rings (SSSR count). The van der Waals surface area contributed by atoms with Gasteiger partial charge in [-0.25, -0.2) is 0 Å². The van der Waals surface area contributed by atoms with E-state index in [1.54, 1.807) is 0 Å². The predicted molar refractivity (Wildman–Crippen MR) is 51.5 cm³/mol. The summed E-state index contributed by atoms with van der Waals surface area (Å²) in [7, 11) is 0. The monoisotopic (exact) mass is 427 g/mol. The van der Waals surface area contributed by atoms with Crippen molar-refractivity contribution >= 4 is 20.7 Å². The molecular weight excluding hydrogens is 419 g/mol. The zero-order valence-corrected chi connectivity index (χ0v) is 14.4. The number of hydrogen-bond donors (Lipinski definition) is 1. The van der Waals surface area contributed by atoms with Crippen LogP contribution in [0.15, 0.2) is 18.2 Å². The molecule has 0 aliphatic heterocycles. The van der Waals surface area contributed by atoms with E-state index in [0.29, 0.717) is 3.07 Å². The average Bonchev–Trinajstić information content (AvgIpc) is 2.25. The Hall–Kier alpha value is -1.50. The first-order valence-electron chi connectivity index (χ1n) is 4.55. The normalized spacial score (nSPS) is 9.24. The number of carbonyl (C=O) groups is 2. The number of carbonyl (C=O) groups excluding carboxylic acids is 1. The van der Waals surface area contributed by atoms with Crippen molar-refractivity contribution in [2.24, 2.45) is 0 Å². The second-order valence-corrected chi connectivity index (χ2v) is 8.39. The molecule has 0 aromatic heterocycles. The number of carboxylic acid groups (broad SMARTS) is 1. The molecule has 0 aliphatic rings. The molecular formula is C9H7HgNO6. The second kappa shape index (κ2) is 5.71. The topological polar surface area (TPSA) is 107 Å². The van der Waals surface area contributed by atoms with Gasteiger partial charge in [0.25, 0.3) is 0 Å². The summed E-state index contributed by atoms with van der Waals surface area (Å²) < 4.78 is 5.16. The van der Waals surface area contributed by atoms with Crippen molar-refractivity contribution in [1.29, 1.82) is 0 Å². The number of rotatable bonds is 4. The maximum atomic E-state index is 10.9. The molecule has 0 bridgehead atoms. The molecule has 0 radical (unpaired) electrons. The molecule has 0 fully saturated rings. The minimum atomic E-state index is -2.41. The SMILES string of the molecule is CC(=O)[O][Hg][c]1cc([N+](=O)[O-])ccc1C(=O)O. The number of non-ortho nitro benzene ring substituents is 1. The Morgan fingerprint density at radius 2 is 2.12 bits per heavy atom. The fourth-order valence-electron chi connectivity index (χ4n) is 1.20. The van der Waals surface area contributed by atoms with E-state index in [1.807, 2.05) is 0 Å². The minimum absolute atomic E-state index is 0.0292. The average molecular weight is 426 g/mol. The number of nitro benzene ring substituents is 1. The van der Waals surface area contributed by atoms with Crippen LogP contribution in [0.4, 0.5) is 5.69 Å².